The summed E-state index contributed by atoms with van der Waals surface area (Å²) in [6.07, 6.45) is 0.910. The lowest BCUT2D eigenvalue weighted by Crippen LogP contribution is -2.18. The van der Waals surface area contributed by atoms with Gasteiger partial charge in [-0.05, 0) is 48.6 Å². The minimum Gasteiger partial charge on any atom is -0.328 e. The van der Waals surface area contributed by atoms with E-state index < -0.39 is 0 Å². The second-order valence-electron chi connectivity index (χ2n) is 3.97. The molecule has 0 spiro atoms. The highest BCUT2D eigenvalue weighted by atomic mass is 79.9. The third kappa shape index (κ3) is 3.85. The first kappa shape index (κ1) is 13.1. The number of thiophene rings is 1. The van der Waals surface area contributed by atoms with Gasteiger partial charge >= 0.3 is 0 Å². The first-order valence-corrected chi connectivity index (χ1v) is 7.89. The summed E-state index contributed by atoms with van der Waals surface area (Å²) in [5, 5.41) is 2.10. The molecule has 0 fully saturated rings. The fourth-order valence-corrected chi connectivity index (χ4v) is 3.84. The summed E-state index contributed by atoms with van der Waals surface area (Å²) < 4.78 is 2.43. The molecule has 0 amide bonds. The molecular weight excluding hydrogens is 314 g/mol. The van der Waals surface area contributed by atoms with Crippen LogP contribution in [0.25, 0.3) is 0 Å². The molecule has 0 saturated carbocycles. The van der Waals surface area contributed by atoms with E-state index in [1.54, 1.807) is 11.3 Å². The van der Waals surface area contributed by atoms with Gasteiger partial charge in [0.05, 0.1) is 4.21 Å². The molecule has 0 saturated heterocycles. The predicted octanol–water partition coefficient (Wildman–Crippen LogP) is 4.55. The van der Waals surface area contributed by atoms with E-state index in [1.807, 2.05) is 18.7 Å². The van der Waals surface area contributed by atoms with Crippen LogP contribution < -0.4 is 5.73 Å². The monoisotopic (exact) mass is 327 g/mol. The summed E-state index contributed by atoms with van der Waals surface area (Å²) in [4.78, 5) is 1.30. The normalized spacial score (nSPS) is 12.6. The quantitative estimate of drug-likeness (QED) is 0.891. The van der Waals surface area contributed by atoms with Crippen LogP contribution in [-0.2, 0) is 6.42 Å². The van der Waals surface area contributed by atoms with Crippen LogP contribution in [0.15, 0.2) is 49.3 Å². The zero-order valence-electron chi connectivity index (χ0n) is 9.52. The van der Waals surface area contributed by atoms with Crippen molar-refractivity contribution in [1.29, 1.82) is 0 Å². The fraction of sp³-hybridized carbons (Fsp3) is 0.231. The number of halogens is 1. The van der Waals surface area contributed by atoms with Crippen LogP contribution in [0, 0.1) is 0 Å². The van der Waals surface area contributed by atoms with Crippen molar-refractivity contribution in [3.8, 4) is 0 Å². The van der Waals surface area contributed by atoms with Crippen molar-refractivity contribution in [1.82, 2.24) is 0 Å². The maximum Gasteiger partial charge on any atom is 0.0646 e. The molecule has 2 rings (SSSR count). The smallest absolute Gasteiger partial charge is 0.0646 e. The van der Waals surface area contributed by atoms with Gasteiger partial charge in [0.25, 0.3) is 0 Å². The van der Waals surface area contributed by atoms with E-state index in [9.17, 15) is 0 Å². The summed E-state index contributed by atoms with van der Waals surface area (Å²) in [7, 11) is 0. The summed E-state index contributed by atoms with van der Waals surface area (Å²) in [5.41, 5.74) is 7.21. The molecule has 1 heterocycles. The average molecular weight is 328 g/mol. The molecule has 1 nitrogen and oxygen atoms in total. The van der Waals surface area contributed by atoms with Crippen LogP contribution in [0.3, 0.4) is 0 Å². The molecule has 0 aliphatic heterocycles. The van der Waals surface area contributed by atoms with Crippen LogP contribution in [0.1, 0.15) is 12.5 Å². The topological polar surface area (TPSA) is 26.0 Å². The Hall–Kier alpha value is -0.290. The zero-order chi connectivity index (χ0) is 12.3. The average Bonchev–Trinajstić information content (AvgIpc) is 2.74. The van der Waals surface area contributed by atoms with Crippen molar-refractivity contribution in [3.63, 3.8) is 0 Å². The Balaban J connectivity index is 2.25. The van der Waals surface area contributed by atoms with E-state index >= 15 is 0 Å². The summed E-state index contributed by atoms with van der Waals surface area (Å²) in [6.45, 7) is 2.04. The van der Waals surface area contributed by atoms with E-state index in [2.05, 4.69) is 51.6 Å². The highest BCUT2D eigenvalue weighted by Gasteiger charge is 2.08. The number of benzene rings is 1. The van der Waals surface area contributed by atoms with Crippen molar-refractivity contribution in [2.75, 3.05) is 0 Å². The fourth-order valence-electron chi connectivity index (χ4n) is 1.58. The summed E-state index contributed by atoms with van der Waals surface area (Å²) in [6, 6.07) is 10.8. The van der Waals surface area contributed by atoms with Crippen LogP contribution in [0.2, 0.25) is 0 Å². The summed E-state index contributed by atoms with van der Waals surface area (Å²) in [5.74, 6) is 0. The molecule has 0 aliphatic rings. The van der Waals surface area contributed by atoms with Crippen LogP contribution in [0.5, 0.6) is 0 Å². The molecule has 1 aromatic carbocycles. The molecule has 0 aliphatic carbocycles. The molecule has 17 heavy (non-hydrogen) atoms. The third-order valence-electron chi connectivity index (χ3n) is 2.27. The molecule has 4 heteroatoms. The molecule has 0 bridgehead atoms. The number of nitrogens with two attached hydrogens (primary N) is 1. The molecule has 0 radical (unpaired) electrons. The van der Waals surface area contributed by atoms with Gasteiger partial charge in [-0.3, -0.25) is 0 Å². The maximum absolute atomic E-state index is 5.89. The second kappa shape index (κ2) is 6.05. The van der Waals surface area contributed by atoms with Gasteiger partial charge in [0.15, 0.2) is 0 Å². The standard InChI is InChI=1S/C13H14BrNS2/c1-9(15)7-10-8-11(14)4-5-12(10)17-13-3-2-6-16-13/h2-6,8-9H,7,15H2,1H3. The Kier molecular flexibility index (Phi) is 4.68. The second-order valence-corrected chi connectivity index (χ2v) is 7.17. The third-order valence-corrected chi connectivity index (χ3v) is 4.92. The first-order valence-electron chi connectivity index (χ1n) is 5.40. The van der Waals surface area contributed by atoms with Gasteiger partial charge < -0.3 is 5.73 Å². The van der Waals surface area contributed by atoms with Crippen molar-refractivity contribution < 1.29 is 0 Å². The van der Waals surface area contributed by atoms with E-state index in [0.717, 1.165) is 10.9 Å². The van der Waals surface area contributed by atoms with E-state index in [0.29, 0.717) is 0 Å². The molecule has 2 aromatic rings. The van der Waals surface area contributed by atoms with Crippen LogP contribution >= 0.6 is 39.0 Å². The Morgan fingerprint density at radius 1 is 1.41 bits per heavy atom. The van der Waals surface area contributed by atoms with Gasteiger partial charge in [-0.15, -0.1) is 11.3 Å². The lowest BCUT2D eigenvalue weighted by molar-refractivity contribution is 0.729. The lowest BCUT2D eigenvalue weighted by Gasteiger charge is -2.11. The zero-order valence-corrected chi connectivity index (χ0v) is 12.7. The summed E-state index contributed by atoms with van der Waals surface area (Å²) >= 11 is 7.10. The molecular formula is C13H14BrNS2. The largest absolute Gasteiger partial charge is 0.328 e. The Labute approximate surface area is 119 Å². The Morgan fingerprint density at radius 2 is 2.24 bits per heavy atom. The van der Waals surface area contributed by atoms with Gasteiger partial charge in [0, 0.05) is 15.4 Å². The lowest BCUT2D eigenvalue weighted by atomic mass is 10.1. The Bertz CT molecular complexity index is 480. The molecule has 1 atom stereocenters. The van der Waals surface area contributed by atoms with Gasteiger partial charge in [-0.2, -0.15) is 0 Å². The van der Waals surface area contributed by atoms with E-state index in [1.165, 1.54) is 14.7 Å². The van der Waals surface area contributed by atoms with Crippen LogP contribution in [-0.4, -0.2) is 6.04 Å². The Morgan fingerprint density at radius 3 is 2.88 bits per heavy atom. The molecule has 90 valence electrons. The van der Waals surface area contributed by atoms with Gasteiger partial charge in [-0.25, -0.2) is 0 Å². The maximum atomic E-state index is 5.89. The van der Waals surface area contributed by atoms with E-state index in [-0.39, 0.29) is 6.04 Å². The molecule has 1 aromatic heterocycles. The van der Waals surface area contributed by atoms with Gasteiger partial charge in [-0.1, -0.05) is 33.8 Å². The first-order chi connectivity index (χ1) is 8.15. The van der Waals surface area contributed by atoms with Crippen molar-refractivity contribution in [2.24, 2.45) is 5.73 Å². The highest BCUT2D eigenvalue weighted by Crippen LogP contribution is 2.35. The molecule has 2 N–H and O–H groups in total. The predicted molar refractivity (Wildman–Crippen MR) is 79.9 cm³/mol. The molecule has 1 unspecified atom stereocenters. The highest BCUT2D eigenvalue weighted by molar-refractivity contribution is 9.10. The van der Waals surface area contributed by atoms with Crippen molar-refractivity contribution >= 4 is 39.0 Å². The number of rotatable bonds is 4. The minimum atomic E-state index is 0.187. The van der Waals surface area contributed by atoms with Crippen molar-refractivity contribution in [2.45, 2.75) is 28.5 Å². The van der Waals surface area contributed by atoms with Crippen LogP contribution in [0.4, 0.5) is 0 Å². The van der Waals surface area contributed by atoms with E-state index in [4.69, 9.17) is 5.73 Å². The van der Waals surface area contributed by atoms with Gasteiger partial charge in [0.2, 0.25) is 0 Å². The number of hydrogen-bond acceptors (Lipinski definition) is 3. The van der Waals surface area contributed by atoms with Crippen molar-refractivity contribution in [3.05, 3.63) is 45.7 Å². The number of hydrogen-bond donors (Lipinski definition) is 1. The minimum absolute atomic E-state index is 0.187. The van der Waals surface area contributed by atoms with Gasteiger partial charge in [0.1, 0.15) is 0 Å². The SMILES string of the molecule is CC(N)Cc1cc(Br)ccc1Sc1cccs1.